The van der Waals surface area contributed by atoms with Gasteiger partial charge in [-0.25, -0.2) is 0 Å². The van der Waals surface area contributed by atoms with Crippen LogP contribution in [0.25, 0.3) is 0 Å². The molecular weight excluding hydrogens is 206 g/mol. The van der Waals surface area contributed by atoms with E-state index in [1.165, 1.54) is 0 Å². The molecule has 0 fully saturated rings. The van der Waals surface area contributed by atoms with Crippen LogP contribution in [0.3, 0.4) is 0 Å². The molecule has 0 radical (unpaired) electrons. The minimum absolute atomic E-state index is 0.156. The van der Waals surface area contributed by atoms with Crippen LogP contribution in [0.1, 0.15) is 6.92 Å². The molecule has 0 N–H and O–H groups in total. The molecule has 0 unspecified atom stereocenters. The summed E-state index contributed by atoms with van der Waals surface area (Å²) in [6, 6.07) is 0. The Balaban J connectivity index is 5.15. The maximum atomic E-state index is 12.0. The van der Waals surface area contributed by atoms with Gasteiger partial charge in [-0.1, -0.05) is 45.9 Å². The molecule has 0 atom stereocenters. The van der Waals surface area contributed by atoms with E-state index in [-0.39, 0.29) is 5.91 Å². The Morgan fingerprint density at radius 3 is 1.36 bits per heavy atom. The van der Waals surface area contributed by atoms with Gasteiger partial charge in [0.2, 0.25) is 5.91 Å². The standard InChI is InChI=1S/C10H23NOSi2/c1-9(2)10(12)11(13(3,4)5)14(6,7)8/h1H2,2-8H3. The van der Waals surface area contributed by atoms with Gasteiger partial charge in [-0.05, 0) is 6.92 Å². The Labute approximate surface area is 90.2 Å². The molecule has 0 saturated heterocycles. The third kappa shape index (κ3) is 3.42. The summed E-state index contributed by atoms with van der Waals surface area (Å²) in [7, 11) is -3.13. The molecule has 4 heteroatoms. The minimum atomic E-state index is -1.56. The lowest BCUT2D eigenvalue weighted by Crippen LogP contribution is -2.61. The van der Waals surface area contributed by atoms with Gasteiger partial charge in [0, 0.05) is 5.57 Å². The second-order valence-electron chi connectivity index (χ2n) is 5.76. The Morgan fingerprint density at radius 1 is 1.00 bits per heavy atom. The lowest BCUT2D eigenvalue weighted by atomic mass is 10.3. The van der Waals surface area contributed by atoms with E-state index in [4.69, 9.17) is 0 Å². The first-order chi connectivity index (χ1) is 5.98. The van der Waals surface area contributed by atoms with Crippen molar-refractivity contribution in [3.8, 4) is 0 Å². The monoisotopic (exact) mass is 229 g/mol. The SMILES string of the molecule is C=C(C)C(=O)N([Si](C)(C)C)[Si](C)(C)C. The second-order valence-corrected chi connectivity index (χ2v) is 15.8. The zero-order valence-corrected chi connectivity index (χ0v) is 12.6. The summed E-state index contributed by atoms with van der Waals surface area (Å²) in [5.41, 5.74) is 0.662. The fourth-order valence-electron chi connectivity index (χ4n) is 1.81. The van der Waals surface area contributed by atoms with Crippen molar-refractivity contribution in [2.24, 2.45) is 0 Å². The van der Waals surface area contributed by atoms with Gasteiger partial charge in [-0.2, -0.15) is 0 Å². The molecule has 2 nitrogen and oxygen atoms in total. The van der Waals surface area contributed by atoms with Crippen LogP contribution in [0.2, 0.25) is 39.3 Å². The van der Waals surface area contributed by atoms with E-state index in [0.29, 0.717) is 5.57 Å². The predicted molar refractivity (Wildman–Crippen MR) is 68.4 cm³/mol. The number of nitrogens with zero attached hydrogens (tertiary/aromatic N) is 1. The third-order valence-corrected chi connectivity index (χ3v) is 9.02. The van der Waals surface area contributed by atoms with Gasteiger partial charge < -0.3 is 4.23 Å². The maximum Gasteiger partial charge on any atom is 0.233 e. The summed E-state index contributed by atoms with van der Waals surface area (Å²) >= 11 is 0. The molecule has 0 aliphatic carbocycles. The van der Waals surface area contributed by atoms with Crippen molar-refractivity contribution >= 4 is 22.4 Å². The molecule has 0 heterocycles. The molecule has 0 aromatic rings. The number of carbonyl (C=O) groups is 1. The highest BCUT2D eigenvalue weighted by Gasteiger charge is 2.37. The number of hydrogen-bond donors (Lipinski definition) is 0. The van der Waals surface area contributed by atoms with Gasteiger partial charge >= 0.3 is 0 Å². The molecule has 0 saturated carbocycles. The zero-order valence-electron chi connectivity index (χ0n) is 10.6. The van der Waals surface area contributed by atoms with Gasteiger partial charge in [-0.3, -0.25) is 4.79 Å². The summed E-state index contributed by atoms with van der Waals surface area (Å²) < 4.78 is 2.16. The lowest BCUT2D eigenvalue weighted by Gasteiger charge is -2.44. The first kappa shape index (κ1) is 13.6. The third-order valence-electron chi connectivity index (χ3n) is 1.91. The first-order valence-electron chi connectivity index (χ1n) is 4.98. The molecule has 0 rings (SSSR count). The zero-order chi connectivity index (χ0) is 11.7. The van der Waals surface area contributed by atoms with E-state index in [2.05, 4.69) is 50.1 Å². The van der Waals surface area contributed by atoms with E-state index in [1.54, 1.807) is 6.92 Å². The molecule has 0 aliphatic rings. The van der Waals surface area contributed by atoms with Crippen molar-refractivity contribution in [3.05, 3.63) is 12.2 Å². The fourth-order valence-corrected chi connectivity index (χ4v) is 11.5. The van der Waals surface area contributed by atoms with Gasteiger partial charge in [-0.15, -0.1) is 0 Å². The average Bonchev–Trinajstić information content (AvgIpc) is 1.79. The Hall–Kier alpha value is -0.356. The number of carbonyl (C=O) groups excluding carboxylic acids is 1. The molecule has 0 aromatic heterocycles. The largest absolute Gasteiger partial charge is 0.392 e. The van der Waals surface area contributed by atoms with Crippen molar-refractivity contribution < 1.29 is 4.79 Å². The van der Waals surface area contributed by atoms with Crippen molar-refractivity contribution in [1.82, 2.24) is 4.23 Å². The van der Waals surface area contributed by atoms with Crippen molar-refractivity contribution in [1.29, 1.82) is 0 Å². The molecule has 0 spiro atoms. The van der Waals surface area contributed by atoms with Crippen molar-refractivity contribution in [2.75, 3.05) is 0 Å². The number of rotatable bonds is 3. The quantitative estimate of drug-likeness (QED) is 0.538. The van der Waals surface area contributed by atoms with Crippen LogP contribution >= 0.6 is 0 Å². The molecule has 1 amide bonds. The summed E-state index contributed by atoms with van der Waals surface area (Å²) in [6.45, 7) is 18.8. The Morgan fingerprint density at radius 2 is 1.29 bits per heavy atom. The van der Waals surface area contributed by atoms with Crippen LogP contribution in [0, 0.1) is 0 Å². The Bertz CT molecular complexity index is 234. The van der Waals surface area contributed by atoms with Gasteiger partial charge in [0.25, 0.3) is 0 Å². The summed E-state index contributed by atoms with van der Waals surface area (Å²) in [5, 5.41) is 0. The molecule has 0 aliphatic heterocycles. The fraction of sp³-hybridized carbons (Fsp3) is 0.700. The van der Waals surface area contributed by atoms with Crippen LogP contribution in [-0.2, 0) is 4.79 Å². The highest BCUT2D eigenvalue weighted by Crippen LogP contribution is 2.21. The van der Waals surface area contributed by atoms with E-state index < -0.39 is 16.5 Å². The van der Waals surface area contributed by atoms with Crippen molar-refractivity contribution in [2.45, 2.75) is 46.2 Å². The highest BCUT2D eigenvalue weighted by molar-refractivity contribution is 6.92. The minimum Gasteiger partial charge on any atom is -0.392 e. The normalized spacial score (nSPS) is 12.5. The topological polar surface area (TPSA) is 20.3 Å². The molecule has 14 heavy (non-hydrogen) atoms. The van der Waals surface area contributed by atoms with Gasteiger partial charge in [0.05, 0.1) is 0 Å². The van der Waals surface area contributed by atoms with E-state index in [9.17, 15) is 4.79 Å². The van der Waals surface area contributed by atoms with Crippen LogP contribution in [-0.4, -0.2) is 26.6 Å². The average molecular weight is 229 g/mol. The summed E-state index contributed by atoms with van der Waals surface area (Å²) in [4.78, 5) is 12.0. The van der Waals surface area contributed by atoms with Crippen LogP contribution in [0.5, 0.6) is 0 Å². The lowest BCUT2D eigenvalue weighted by molar-refractivity contribution is -0.120. The molecule has 82 valence electrons. The van der Waals surface area contributed by atoms with Crippen LogP contribution in [0.4, 0.5) is 0 Å². The van der Waals surface area contributed by atoms with Gasteiger partial charge in [0.1, 0.15) is 16.5 Å². The van der Waals surface area contributed by atoms with Crippen molar-refractivity contribution in [3.63, 3.8) is 0 Å². The van der Waals surface area contributed by atoms with Gasteiger partial charge in [0.15, 0.2) is 0 Å². The van der Waals surface area contributed by atoms with E-state index in [1.807, 2.05) is 0 Å². The highest BCUT2D eigenvalue weighted by atomic mass is 28.4. The Kier molecular flexibility index (Phi) is 3.92. The predicted octanol–water partition coefficient (Wildman–Crippen LogP) is 3.06. The van der Waals surface area contributed by atoms with E-state index in [0.717, 1.165) is 0 Å². The first-order valence-corrected chi connectivity index (χ1v) is 11.9. The smallest absolute Gasteiger partial charge is 0.233 e. The second kappa shape index (κ2) is 4.02. The molecule has 0 aromatic carbocycles. The summed E-state index contributed by atoms with van der Waals surface area (Å²) in [5.74, 6) is 0.156. The van der Waals surface area contributed by atoms with Crippen LogP contribution in [0.15, 0.2) is 12.2 Å². The van der Waals surface area contributed by atoms with Crippen LogP contribution < -0.4 is 0 Å². The number of hydrogen-bond acceptors (Lipinski definition) is 1. The maximum absolute atomic E-state index is 12.0. The molecular formula is C10H23NOSi2. The number of amides is 1. The van der Waals surface area contributed by atoms with E-state index >= 15 is 0 Å². The molecule has 0 bridgehead atoms. The summed E-state index contributed by atoms with van der Waals surface area (Å²) in [6.07, 6.45) is 0.